The first-order chi connectivity index (χ1) is 9.20. The van der Waals surface area contributed by atoms with Gasteiger partial charge in [-0.1, -0.05) is 11.6 Å². The van der Waals surface area contributed by atoms with E-state index in [0.717, 1.165) is 5.56 Å². The van der Waals surface area contributed by atoms with Crippen molar-refractivity contribution in [2.45, 2.75) is 13.5 Å². The van der Waals surface area contributed by atoms with Crippen molar-refractivity contribution >= 4 is 17.4 Å². The average molecular weight is 280 g/mol. The lowest BCUT2D eigenvalue weighted by atomic mass is 10.2. The molecule has 0 bridgehead atoms. The van der Waals surface area contributed by atoms with E-state index in [1.807, 2.05) is 19.1 Å². The maximum absolute atomic E-state index is 11.7. The zero-order chi connectivity index (χ0) is 13.7. The van der Waals surface area contributed by atoms with Crippen LogP contribution >= 0.6 is 11.6 Å². The third-order valence-electron chi connectivity index (χ3n) is 2.51. The molecule has 0 aliphatic heterocycles. The Morgan fingerprint density at radius 1 is 1.37 bits per heavy atom. The summed E-state index contributed by atoms with van der Waals surface area (Å²) in [5.41, 5.74) is 0.867. The number of ketones is 1. The van der Waals surface area contributed by atoms with Gasteiger partial charge >= 0.3 is 0 Å². The molecule has 0 saturated carbocycles. The zero-order valence-electron chi connectivity index (χ0n) is 10.5. The van der Waals surface area contributed by atoms with E-state index in [9.17, 15) is 4.79 Å². The van der Waals surface area contributed by atoms with Gasteiger partial charge in [0, 0.05) is 17.2 Å². The van der Waals surface area contributed by atoms with Gasteiger partial charge in [-0.2, -0.15) is 5.10 Å². The van der Waals surface area contributed by atoms with Crippen LogP contribution in [0.25, 0.3) is 11.4 Å². The van der Waals surface area contributed by atoms with Gasteiger partial charge in [0.05, 0.1) is 0 Å². The monoisotopic (exact) mass is 279 g/mol. The van der Waals surface area contributed by atoms with Crippen LogP contribution in [0.3, 0.4) is 0 Å². The molecule has 0 aliphatic rings. The third-order valence-corrected chi connectivity index (χ3v) is 2.76. The van der Waals surface area contributed by atoms with Crippen LogP contribution in [0.1, 0.15) is 6.92 Å². The SMILES string of the molecule is CCOCC(=O)Cn1ncnc1-c1ccc(Cl)cc1. The fourth-order valence-electron chi connectivity index (χ4n) is 1.63. The van der Waals surface area contributed by atoms with Crippen molar-refractivity contribution in [1.82, 2.24) is 14.8 Å². The van der Waals surface area contributed by atoms with E-state index < -0.39 is 0 Å². The highest BCUT2D eigenvalue weighted by atomic mass is 35.5. The van der Waals surface area contributed by atoms with Crippen molar-refractivity contribution in [1.29, 1.82) is 0 Å². The van der Waals surface area contributed by atoms with Gasteiger partial charge in [0.2, 0.25) is 0 Å². The summed E-state index contributed by atoms with van der Waals surface area (Å²) in [7, 11) is 0. The first kappa shape index (κ1) is 13.7. The van der Waals surface area contributed by atoms with Gasteiger partial charge in [-0.25, -0.2) is 9.67 Å². The molecule has 6 heteroatoms. The molecule has 0 fully saturated rings. The topological polar surface area (TPSA) is 57.0 Å². The normalized spacial score (nSPS) is 10.6. The number of benzene rings is 1. The molecule has 0 atom stereocenters. The molecular weight excluding hydrogens is 266 g/mol. The number of nitrogens with zero attached hydrogens (tertiary/aromatic N) is 3. The average Bonchev–Trinajstić information content (AvgIpc) is 2.85. The molecule has 0 unspecified atom stereocenters. The van der Waals surface area contributed by atoms with E-state index in [1.165, 1.54) is 6.33 Å². The fourth-order valence-corrected chi connectivity index (χ4v) is 1.76. The number of Topliss-reactive ketones (excluding diaryl/α,β-unsaturated/α-hetero) is 1. The number of aromatic nitrogens is 3. The number of carbonyl (C=O) groups excluding carboxylic acids is 1. The van der Waals surface area contributed by atoms with Crippen molar-refractivity contribution in [3.63, 3.8) is 0 Å². The summed E-state index contributed by atoms with van der Waals surface area (Å²) in [5.74, 6) is 0.601. The summed E-state index contributed by atoms with van der Waals surface area (Å²) < 4.78 is 6.64. The number of hydrogen-bond donors (Lipinski definition) is 0. The third kappa shape index (κ3) is 3.62. The molecule has 1 aromatic heterocycles. The van der Waals surface area contributed by atoms with Crippen LogP contribution in [0.4, 0.5) is 0 Å². The molecule has 0 saturated heterocycles. The van der Waals surface area contributed by atoms with Crippen LogP contribution < -0.4 is 0 Å². The van der Waals surface area contributed by atoms with E-state index in [4.69, 9.17) is 16.3 Å². The lowest BCUT2D eigenvalue weighted by molar-refractivity contribution is -0.124. The predicted octanol–water partition coefficient (Wildman–Crippen LogP) is 2.20. The summed E-state index contributed by atoms with van der Waals surface area (Å²) in [6, 6.07) is 7.24. The number of ether oxygens (including phenoxy) is 1. The fraction of sp³-hybridized carbons (Fsp3) is 0.308. The minimum absolute atomic E-state index is 0.0393. The van der Waals surface area contributed by atoms with Crippen LogP contribution in [0.2, 0.25) is 5.02 Å². The first-order valence-electron chi connectivity index (χ1n) is 5.94. The Kier molecular flexibility index (Phi) is 4.65. The number of carbonyl (C=O) groups is 1. The molecule has 1 aromatic carbocycles. The van der Waals surface area contributed by atoms with Gasteiger partial charge in [-0.05, 0) is 31.2 Å². The maximum Gasteiger partial charge on any atom is 0.179 e. The van der Waals surface area contributed by atoms with Crippen molar-refractivity contribution in [3.05, 3.63) is 35.6 Å². The first-order valence-corrected chi connectivity index (χ1v) is 6.31. The Balaban J connectivity index is 2.13. The molecule has 100 valence electrons. The minimum atomic E-state index is -0.0393. The van der Waals surface area contributed by atoms with E-state index >= 15 is 0 Å². The highest BCUT2D eigenvalue weighted by Crippen LogP contribution is 2.19. The molecular formula is C13H14ClN3O2. The van der Waals surface area contributed by atoms with E-state index in [2.05, 4.69) is 10.1 Å². The van der Waals surface area contributed by atoms with Gasteiger partial charge in [0.15, 0.2) is 11.6 Å². The molecule has 0 N–H and O–H groups in total. The number of rotatable bonds is 6. The number of halogens is 1. The van der Waals surface area contributed by atoms with Crippen LogP contribution in [-0.4, -0.2) is 33.8 Å². The Morgan fingerprint density at radius 2 is 2.11 bits per heavy atom. The second-order valence-corrected chi connectivity index (χ2v) is 4.36. The Bertz CT molecular complexity index is 551. The molecule has 1 heterocycles. The molecule has 2 aromatic rings. The standard InChI is InChI=1S/C13H14ClN3O2/c1-2-19-8-12(18)7-17-13(15-9-16-17)10-3-5-11(14)6-4-10/h3-6,9H,2,7-8H2,1H3. The van der Waals surface area contributed by atoms with E-state index in [-0.39, 0.29) is 18.9 Å². The van der Waals surface area contributed by atoms with Crippen LogP contribution in [0.15, 0.2) is 30.6 Å². The van der Waals surface area contributed by atoms with E-state index in [0.29, 0.717) is 17.5 Å². The summed E-state index contributed by atoms with van der Waals surface area (Å²) in [6.07, 6.45) is 1.43. The van der Waals surface area contributed by atoms with Crippen molar-refractivity contribution in [2.24, 2.45) is 0 Å². The Morgan fingerprint density at radius 3 is 2.79 bits per heavy atom. The molecule has 2 rings (SSSR count). The van der Waals surface area contributed by atoms with Gasteiger partial charge in [0.1, 0.15) is 19.5 Å². The summed E-state index contributed by atoms with van der Waals surface area (Å²) in [6.45, 7) is 2.61. The molecule has 0 radical (unpaired) electrons. The largest absolute Gasteiger partial charge is 0.374 e. The molecule has 0 aliphatic carbocycles. The zero-order valence-corrected chi connectivity index (χ0v) is 11.3. The lowest BCUT2D eigenvalue weighted by Crippen LogP contribution is -2.17. The lowest BCUT2D eigenvalue weighted by Gasteiger charge is -2.05. The summed E-state index contributed by atoms with van der Waals surface area (Å²) in [5, 5.41) is 4.71. The van der Waals surface area contributed by atoms with E-state index in [1.54, 1.807) is 16.8 Å². The predicted molar refractivity (Wildman–Crippen MR) is 72.0 cm³/mol. The molecule has 0 amide bonds. The molecule has 19 heavy (non-hydrogen) atoms. The van der Waals surface area contributed by atoms with Crippen LogP contribution in [0, 0.1) is 0 Å². The van der Waals surface area contributed by atoms with Gasteiger partial charge in [-0.3, -0.25) is 4.79 Å². The summed E-state index contributed by atoms with van der Waals surface area (Å²) in [4.78, 5) is 15.8. The smallest absolute Gasteiger partial charge is 0.179 e. The quantitative estimate of drug-likeness (QED) is 0.813. The Labute approximate surface area is 116 Å². The maximum atomic E-state index is 11.7. The molecule has 0 spiro atoms. The highest BCUT2D eigenvalue weighted by Gasteiger charge is 2.11. The van der Waals surface area contributed by atoms with Crippen molar-refractivity contribution in [3.8, 4) is 11.4 Å². The highest BCUT2D eigenvalue weighted by molar-refractivity contribution is 6.30. The molecule has 5 nitrogen and oxygen atoms in total. The summed E-state index contributed by atoms with van der Waals surface area (Å²) >= 11 is 5.84. The van der Waals surface area contributed by atoms with Crippen molar-refractivity contribution in [2.75, 3.05) is 13.2 Å². The van der Waals surface area contributed by atoms with Gasteiger partial charge in [-0.15, -0.1) is 0 Å². The number of hydrogen-bond acceptors (Lipinski definition) is 4. The van der Waals surface area contributed by atoms with Crippen LogP contribution in [0.5, 0.6) is 0 Å². The van der Waals surface area contributed by atoms with Crippen molar-refractivity contribution < 1.29 is 9.53 Å². The van der Waals surface area contributed by atoms with Gasteiger partial charge < -0.3 is 4.74 Å². The van der Waals surface area contributed by atoms with Crippen LogP contribution in [-0.2, 0) is 16.1 Å². The Hall–Kier alpha value is -1.72. The second kappa shape index (κ2) is 6.45. The van der Waals surface area contributed by atoms with Gasteiger partial charge in [0.25, 0.3) is 0 Å². The minimum Gasteiger partial charge on any atom is -0.374 e. The second-order valence-electron chi connectivity index (χ2n) is 3.92.